The summed E-state index contributed by atoms with van der Waals surface area (Å²) in [5, 5.41) is 5.76. The lowest BCUT2D eigenvalue weighted by Crippen LogP contribution is -2.28. The van der Waals surface area contributed by atoms with Crippen molar-refractivity contribution in [3.05, 3.63) is 95.8 Å². The molecule has 4 rings (SSSR count). The number of benzene rings is 3. The molecule has 0 unspecified atom stereocenters. The number of hydrogen-bond acceptors (Lipinski definition) is 2. The van der Waals surface area contributed by atoms with E-state index in [1.165, 1.54) is 11.1 Å². The van der Waals surface area contributed by atoms with Gasteiger partial charge in [0.05, 0.1) is 11.0 Å². The van der Waals surface area contributed by atoms with Gasteiger partial charge in [-0.25, -0.2) is 9.78 Å². The van der Waals surface area contributed by atoms with Crippen LogP contribution in [0, 0.1) is 0 Å². The van der Waals surface area contributed by atoms with Crippen molar-refractivity contribution in [2.24, 2.45) is 0 Å². The smallest absolute Gasteiger partial charge is 0.319 e. The van der Waals surface area contributed by atoms with E-state index < -0.39 is 0 Å². The van der Waals surface area contributed by atoms with Crippen molar-refractivity contribution < 1.29 is 4.79 Å². The lowest BCUT2D eigenvalue weighted by molar-refractivity contribution is 0.251. The maximum absolute atomic E-state index is 12.1. The van der Waals surface area contributed by atoms with Crippen LogP contribution in [0.5, 0.6) is 0 Å². The van der Waals surface area contributed by atoms with Gasteiger partial charge in [0.25, 0.3) is 0 Å². The highest BCUT2D eigenvalue weighted by Crippen LogP contribution is 2.18. The van der Waals surface area contributed by atoms with Gasteiger partial charge in [0.2, 0.25) is 0 Å². The largest absolute Gasteiger partial charge is 0.334 e. The maximum Gasteiger partial charge on any atom is 0.319 e. The number of aromatic nitrogens is 2. The first-order valence-corrected chi connectivity index (χ1v) is 10.3. The number of nitrogens with zero attached hydrogens (tertiary/aromatic N) is 2. The molecule has 5 heteroatoms. The molecule has 0 aliphatic carbocycles. The third-order valence-corrected chi connectivity index (χ3v) is 5.19. The van der Waals surface area contributed by atoms with Gasteiger partial charge >= 0.3 is 6.03 Å². The van der Waals surface area contributed by atoms with Crippen LogP contribution in [0.2, 0.25) is 0 Å². The molecule has 0 spiro atoms. The molecule has 2 N–H and O–H groups in total. The molecule has 0 atom stereocenters. The molecule has 0 radical (unpaired) electrons. The summed E-state index contributed by atoms with van der Waals surface area (Å²) in [4.78, 5) is 16.9. The van der Waals surface area contributed by atoms with Crippen molar-refractivity contribution in [3.8, 4) is 0 Å². The molecule has 0 saturated heterocycles. The summed E-state index contributed by atoms with van der Waals surface area (Å²) in [7, 11) is 0. The van der Waals surface area contributed by atoms with Crippen molar-refractivity contribution in [3.63, 3.8) is 0 Å². The minimum atomic E-state index is -0.205. The molecule has 3 aromatic carbocycles. The first-order chi connectivity index (χ1) is 14.7. The second-order valence-corrected chi connectivity index (χ2v) is 7.25. The SMILES string of the molecule is CCn1c(CCc2ccc(NC(=O)NCc3ccccc3)cc2)nc2ccccc21. The van der Waals surface area contributed by atoms with Crippen LogP contribution in [0.4, 0.5) is 10.5 Å². The Kier molecular flexibility index (Phi) is 6.09. The first-order valence-electron chi connectivity index (χ1n) is 10.3. The molecular formula is C25H26N4O. The van der Waals surface area contributed by atoms with Crippen LogP contribution in [0.3, 0.4) is 0 Å². The minimum Gasteiger partial charge on any atom is -0.334 e. The topological polar surface area (TPSA) is 59.0 Å². The number of carbonyl (C=O) groups excluding carboxylic acids is 1. The average molecular weight is 399 g/mol. The second kappa shape index (κ2) is 9.27. The Labute approximate surface area is 176 Å². The molecule has 152 valence electrons. The molecular weight excluding hydrogens is 372 g/mol. The van der Waals surface area contributed by atoms with E-state index in [2.05, 4.69) is 52.5 Å². The number of rotatable bonds is 7. The van der Waals surface area contributed by atoms with Crippen molar-refractivity contribution in [1.29, 1.82) is 0 Å². The molecule has 5 nitrogen and oxygen atoms in total. The van der Waals surface area contributed by atoms with E-state index in [1.807, 2.05) is 48.5 Å². The number of amides is 2. The van der Waals surface area contributed by atoms with Gasteiger partial charge in [-0.2, -0.15) is 0 Å². The number of anilines is 1. The zero-order chi connectivity index (χ0) is 20.8. The molecule has 4 aromatic rings. The third kappa shape index (κ3) is 4.69. The molecule has 0 saturated carbocycles. The number of imidazole rings is 1. The lowest BCUT2D eigenvalue weighted by atomic mass is 10.1. The van der Waals surface area contributed by atoms with Crippen LogP contribution >= 0.6 is 0 Å². The molecule has 0 aliphatic heterocycles. The number of aryl methyl sites for hydroxylation is 3. The fraction of sp³-hybridized carbons (Fsp3) is 0.200. The summed E-state index contributed by atoms with van der Waals surface area (Å²) in [6.45, 7) is 3.57. The van der Waals surface area contributed by atoms with E-state index >= 15 is 0 Å². The molecule has 0 fully saturated rings. The Morgan fingerprint density at radius 2 is 1.60 bits per heavy atom. The fourth-order valence-electron chi connectivity index (χ4n) is 3.63. The molecule has 30 heavy (non-hydrogen) atoms. The fourth-order valence-corrected chi connectivity index (χ4v) is 3.63. The van der Waals surface area contributed by atoms with Gasteiger partial charge in [0, 0.05) is 25.2 Å². The number of hydrogen-bond donors (Lipinski definition) is 2. The van der Waals surface area contributed by atoms with E-state index in [9.17, 15) is 4.79 Å². The first kappa shape index (κ1) is 19.7. The molecule has 1 aromatic heterocycles. The van der Waals surface area contributed by atoms with Crippen LogP contribution in [0.1, 0.15) is 23.9 Å². The highest BCUT2D eigenvalue weighted by Gasteiger charge is 2.09. The maximum atomic E-state index is 12.1. The summed E-state index contributed by atoms with van der Waals surface area (Å²) in [6.07, 6.45) is 1.79. The second-order valence-electron chi connectivity index (χ2n) is 7.25. The van der Waals surface area contributed by atoms with Crippen molar-refractivity contribution in [2.75, 3.05) is 5.32 Å². The van der Waals surface area contributed by atoms with Gasteiger partial charge in [-0.3, -0.25) is 0 Å². The minimum absolute atomic E-state index is 0.205. The standard InChI is InChI=1S/C25H26N4O/c1-2-29-23-11-7-6-10-22(23)28-24(29)17-14-19-12-15-21(16-13-19)27-25(30)26-18-20-8-4-3-5-9-20/h3-13,15-16H,2,14,17-18H2,1H3,(H2,26,27,30). The summed E-state index contributed by atoms with van der Waals surface area (Å²) >= 11 is 0. The van der Waals surface area contributed by atoms with E-state index in [-0.39, 0.29) is 6.03 Å². The molecule has 0 bridgehead atoms. The monoisotopic (exact) mass is 398 g/mol. The van der Waals surface area contributed by atoms with Crippen LogP contribution in [-0.2, 0) is 25.9 Å². The van der Waals surface area contributed by atoms with Crippen LogP contribution in [0.25, 0.3) is 11.0 Å². The van der Waals surface area contributed by atoms with Crippen molar-refractivity contribution >= 4 is 22.8 Å². The predicted octanol–water partition coefficient (Wildman–Crippen LogP) is 5.16. The number of urea groups is 1. The van der Waals surface area contributed by atoms with Crippen molar-refractivity contribution in [1.82, 2.24) is 14.9 Å². The van der Waals surface area contributed by atoms with Gasteiger partial charge in [-0.1, -0.05) is 54.6 Å². The van der Waals surface area contributed by atoms with E-state index in [0.29, 0.717) is 6.54 Å². The van der Waals surface area contributed by atoms with Gasteiger partial charge in [-0.15, -0.1) is 0 Å². The Hall–Kier alpha value is -3.60. The van der Waals surface area contributed by atoms with Gasteiger partial charge in [-0.05, 0) is 48.7 Å². The van der Waals surface area contributed by atoms with E-state index in [4.69, 9.17) is 4.98 Å². The van der Waals surface area contributed by atoms with Crippen LogP contribution in [-0.4, -0.2) is 15.6 Å². The molecule has 0 aliphatic rings. The lowest BCUT2D eigenvalue weighted by Gasteiger charge is -2.09. The normalized spacial score (nSPS) is 10.8. The number of carbonyl (C=O) groups is 1. The highest BCUT2D eigenvalue weighted by atomic mass is 16.2. The average Bonchev–Trinajstić information content (AvgIpc) is 3.15. The third-order valence-electron chi connectivity index (χ3n) is 5.19. The predicted molar refractivity (Wildman–Crippen MR) is 122 cm³/mol. The summed E-state index contributed by atoms with van der Waals surface area (Å²) in [5.41, 5.74) is 5.32. The van der Waals surface area contributed by atoms with Crippen LogP contribution in [0.15, 0.2) is 78.9 Å². The Morgan fingerprint density at radius 1 is 0.867 bits per heavy atom. The zero-order valence-corrected chi connectivity index (χ0v) is 17.1. The Balaban J connectivity index is 1.32. The van der Waals surface area contributed by atoms with Gasteiger partial charge in [0.15, 0.2) is 0 Å². The van der Waals surface area contributed by atoms with E-state index in [1.54, 1.807) is 0 Å². The number of fused-ring (bicyclic) bond motifs is 1. The van der Waals surface area contributed by atoms with E-state index in [0.717, 1.165) is 42.0 Å². The number of nitrogens with one attached hydrogen (secondary N) is 2. The Bertz CT molecular complexity index is 1120. The molecule has 1 heterocycles. The van der Waals surface area contributed by atoms with Gasteiger partial charge < -0.3 is 15.2 Å². The zero-order valence-electron chi connectivity index (χ0n) is 17.1. The van der Waals surface area contributed by atoms with Gasteiger partial charge in [0.1, 0.15) is 5.82 Å². The summed E-state index contributed by atoms with van der Waals surface area (Å²) in [5.74, 6) is 1.11. The summed E-state index contributed by atoms with van der Waals surface area (Å²) < 4.78 is 2.28. The summed E-state index contributed by atoms with van der Waals surface area (Å²) in [6, 6.07) is 25.9. The van der Waals surface area contributed by atoms with Crippen LogP contribution < -0.4 is 10.6 Å². The Morgan fingerprint density at radius 3 is 2.37 bits per heavy atom. The van der Waals surface area contributed by atoms with Crippen molar-refractivity contribution in [2.45, 2.75) is 32.9 Å². The number of para-hydroxylation sites is 2. The quantitative estimate of drug-likeness (QED) is 0.452. The molecule has 2 amide bonds. The highest BCUT2D eigenvalue weighted by molar-refractivity contribution is 5.89.